The van der Waals surface area contributed by atoms with Gasteiger partial charge in [0.1, 0.15) is 24.5 Å². The normalized spacial score (nSPS) is 33.1. The average Bonchev–Trinajstić information content (AvgIpc) is 2.40. The van der Waals surface area contributed by atoms with Crippen molar-refractivity contribution in [2.24, 2.45) is 0 Å². The van der Waals surface area contributed by atoms with Crippen LogP contribution in [0.25, 0.3) is 0 Å². The van der Waals surface area contributed by atoms with Crippen molar-refractivity contribution < 1.29 is 48.0 Å². The number of aliphatic hydroxyl groups is 2. The molecule has 1 saturated heterocycles. The van der Waals surface area contributed by atoms with E-state index in [2.05, 4.69) is 17.9 Å². The second-order valence-corrected chi connectivity index (χ2v) is 10.0. The predicted octanol–water partition coefficient (Wildman–Crippen LogP) is -3.70. The summed E-state index contributed by atoms with van der Waals surface area (Å²) < 4.78 is 82.2. The Morgan fingerprint density at radius 2 is 1.12 bits per heavy atom. The maximum Gasteiger partial charge on any atom is 0.264 e. The lowest BCUT2D eigenvalue weighted by molar-refractivity contribution is -0.0807. The molecule has 3 N–H and O–H groups in total. The Bertz CT molecular complexity index is 696. The highest BCUT2D eigenvalue weighted by Gasteiger charge is 2.48. The summed E-state index contributed by atoms with van der Waals surface area (Å²) in [5.41, 5.74) is 0. The van der Waals surface area contributed by atoms with E-state index in [9.17, 15) is 35.5 Å². The highest BCUT2D eigenvalue weighted by Crippen LogP contribution is 2.24. The summed E-state index contributed by atoms with van der Waals surface area (Å²) in [6.07, 6.45) is -7.31. The first kappa shape index (κ1) is 21.7. The van der Waals surface area contributed by atoms with E-state index in [0.29, 0.717) is 18.8 Å². The van der Waals surface area contributed by atoms with Gasteiger partial charge < -0.3 is 10.2 Å². The number of β-amino-alcohol motifs (C(OH)–C–C–N with tert-alkyl or cyclic N) is 1. The minimum atomic E-state index is -4.26. The molecular weight excluding hydrogens is 394 g/mol. The van der Waals surface area contributed by atoms with Crippen LogP contribution in [0.4, 0.5) is 0 Å². The van der Waals surface area contributed by atoms with E-state index in [1.807, 2.05) is 0 Å². The van der Waals surface area contributed by atoms with Crippen LogP contribution in [0, 0.1) is 0 Å². The van der Waals surface area contributed by atoms with Gasteiger partial charge >= 0.3 is 0 Å². The topological polar surface area (TPSA) is 183 Å². The molecule has 1 aliphatic rings. The number of nitrogens with one attached hydrogen (secondary N) is 1. The molecule has 1 fully saturated rings. The number of rotatable bonds is 6. The fourth-order valence-electron chi connectivity index (χ4n) is 2.00. The molecule has 0 bridgehead atoms. The minimum absolute atomic E-state index is 0.450. The first-order valence-electron chi connectivity index (χ1n) is 6.33. The minimum Gasteiger partial charge on any atom is -0.389 e. The summed E-state index contributed by atoms with van der Waals surface area (Å²) in [6.45, 7) is -0.450. The van der Waals surface area contributed by atoms with Gasteiger partial charge in [0, 0.05) is 6.54 Å². The predicted molar refractivity (Wildman–Crippen MR) is 79.2 cm³/mol. The zero-order valence-electron chi connectivity index (χ0n) is 12.9. The highest BCUT2D eigenvalue weighted by molar-refractivity contribution is 7.86. The Balaban J connectivity index is 3.38. The standard InChI is InChI=1S/C9H19NO11S3/c1-22(13,14)19-6-5(11)4-10-9(12)8(21-24(3,17)18)7(6)20-23(2,15)16/h5-12H,4H2,1-3H3/t5-,6+,7+,8-,9-/m1/s1. The Labute approximate surface area is 140 Å². The van der Waals surface area contributed by atoms with Gasteiger partial charge in [0.05, 0.1) is 24.9 Å². The molecule has 24 heavy (non-hydrogen) atoms. The van der Waals surface area contributed by atoms with Crippen molar-refractivity contribution in [3.05, 3.63) is 0 Å². The third-order valence-electron chi connectivity index (χ3n) is 2.73. The molecule has 0 aliphatic carbocycles. The fourth-order valence-corrected chi connectivity index (χ4v) is 3.88. The summed E-state index contributed by atoms with van der Waals surface area (Å²) in [4.78, 5) is 0. The molecule has 0 aromatic heterocycles. The molecule has 0 spiro atoms. The largest absolute Gasteiger partial charge is 0.389 e. The van der Waals surface area contributed by atoms with Gasteiger partial charge in [0.15, 0.2) is 0 Å². The molecule has 0 unspecified atom stereocenters. The van der Waals surface area contributed by atoms with E-state index >= 15 is 0 Å². The van der Waals surface area contributed by atoms with Gasteiger partial charge in [-0.05, 0) is 0 Å². The van der Waals surface area contributed by atoms with Gasteiger partial charge in [-0.2, -0.15) is 25.3 Å². The molecule has 0 saturated carbocycles. The van der Waals surface area contributed by atoms with Gasteiger partial charge in [-0.25, -0.2) is 0 Å². The van der Waals surface area contributed by atoms with E-state index < -0.39 is 67.5 Å². The van der Waals surface area contributed by atoms with Crippen LogP contribution in [0.3, 0.4) is 0 Å². The molecule has 0 aromatic rings. The lowest BCUT2D eigenvalue weighted by Gasteiger charge is -2.31. The third kappa shape index (κ3) is 7.24. The van der Waals surface area contributed by atoms with Gasteiger partial charge in [-0.3, -0.25) is 17.9 Å². The first-order chi connectivity index (χ1) is 10.6. The Morgan fingerprint density at radius 1 is 0.750 bits per heavy atom. The smallest absolute Gasteiger partial charge is 0.264 e. The van der Waals surface area contributed by atoms with Crippen LogP contribution in [0.15, 0.2) is 0 Å². The second kappa shape index (κ2) is 7.46. The molecule has 1 heterocycles. The fraction of sp³-hybridized carbons (Fsp3) is 1.00. The van der Waals surface area contributed by atoms with Crippen molar-refractivity contribution in [2.75, 3.05) is 25.3 Å². The van der Waals surface area contributed by atoms with Crippen molar-refractivity contribution in [3.63, 3.8) is 0 Å². The Hall–Kier alpha value is -0.390. The first-order valence-corrected chi connectivity index (χ1v) is 11.8. The monoisotopic (exact) mass is 413 g/mol. The number of aliphatic hydroxyl groups excluding tert-OH is 2. The summed E-state index contributed by atoms with van der Waals surface area (Å²) in [6, 6.07) is 0. The summed E-state index contributed by atoms with van der Waals surface area (Å²) in [5, 5.41) is 22.2. The third-order valence-corrected chi connectivity index (χ3v) is 4.45. The van der Waals surface area contributed by atoms with Crippen LogP contribution in [0.5, 0.6) is 0 Å². The van der Waals surface area contributed by atoms with Crippen molar-refractivity contribution in [1.29, 1.82) is 0 Å². The molecule has 1 rings (SSSR count). The molecule has 5 atom stereocenters. The number of hydrogen-bond donors (Lipinski definition) is 3. The van der Waals surface area contributed by atoms with E-state index in [1.54, 1.807) is 0 Å². The van der Waals surface area contributed by atoms with Crippen LogP contribution in [-0.4, -0.2) is 91.4 Å². The van der Waals surface area contributed by atoms with Gasteiger partial charge in [0.25, 0.3) is 30.4 Å². The van der Waals surface area contributed by atoms with Gasteiger partial charge in [-0.15, -0.1) is 0 Å². The van der Waals surface area contributed by atoms with Crippen LogP contribution < -0.4 is 5.32 Å². The van der Waals surface area contributed by atoms with Gasteiger partial charge in [-0.1, -0.05) is 0 Å². The lowest BCUT2D eigenvalue weighted by Crippen LogP contribution is -2.52. The maximum absolute atomic E-state index is 11.4. The van der Waals surface area contributed by atoms with Crippen LogP contribution in [0.1, 0.15) is 0 Å². The summed E-state index contributed by atoms with van der Waals surface area (Å²) in [5.74, 6) is 0. The van der Waals surface area contributed by atoms with E-state index in [4.69, 9.17) is 0 Å². The van der Waals surface area contributed by atoms with Crippen molar-refractivity contribution >= 4 is 30.4 Å². The van der Waals surface area contributed by atoms with Crippen LogP contribution >= 0.6 is 0 Å². The van der Waals surface area contributed by atoms with Crippen molar-refractivity contribution in [1.82, 2.24) is 5.32 Å². The molecule has 0 aromatic carbocycles. The average molecular weight is 413 g/mol. The molecule has 144 valence electrons. The van der Waals surface area contributed by atoms with E-state index in [0.717, 1.165) is 0 Å². The SMILES string of the molecule is CS(=O)(=O)O[C@H]1[C@@H](OS(C)(=O)=O)[C@H](O)CN[C@H](O)[C@@H]1OS(C)(=O)=O. The Morgan fingerprint density at radius 3 is 1.54 bits per heavy atom. The maximum atomic E-state index is 11.4. The van der Waals surface area contributed by atoms with E-state index in [1.165, 1.54) is 0 Å². The zero-order chi connectivity index (χ0) is 18.9. The number of hydrogen-bond acceptors (Lipinski definition) is 12. The molecule has 15 heteroatoms. The molecule has 0 amide bonds. The second-order valence-electron chi connectivity index (χ2n) is 5.22. The lowest BCUT2D eigenvalue weighted by atomic mass is 10.0. The summed E-state index contributed by atoms with van der Waals surface area (Å²) in [7, 11) is -12.7. The quantitative estimate of drug-likeness (QED) is 0.363. The van der Waals surface area contributed by atoms with Crippen molar-refractivity contribution in [2.45, 2.75) is 30.6 Å². The zero-order valence-corrected chi connectivity index (χ0v) is 15.3. The highest BCUT2D eigenvalue weighted by atomic mass is 32.2. The Kier molecular flexibility index (Phi) is 6.73. The summed E-state index contributed by atoms with van der Waals surface area (Å²) >= 11 is 0. The molecule has 0 radical (unpaired) electrons. The van der Waals surface area contributed by atoms with Crippen LogP contribution in [0.2, 0.25) is 0 Å². The van der Waals surface area contributed by atoms with Crippen molar-refractivity contribution in [3.8, 4) is 0 Å². The van der Waals surface area contributed by atoms with Crippen LogP contribution in [-0.2, 0) is 42.9 Å². The molecule has 1 aliphatic heterocycles. The molecule has 12 nitrogen and oxygen atoms in total. The van der Waals surface area contributed by atoms with E-state index in [-0.39, 0.29) is 0 Å². The molecular formula is C9H19NO11S3. The van der Waals surface area contributed by atoms with Gasteiger partial charge in [0.2, 0.25) is 0 Å².